The molecule has 1 aromatic carbocycles. The van der Waals surface area contributed by atoms with Crippen LogP contribution in [0.25, 0.3) is 0 Å². The average molecular weight is 264 g/mol. The Bertz CT molecular complexity index is 546. The molecule has 0 saturated carbocycles. The van der Waals surface area contributed by atoms with E-state index in [4.69, 9.17) is 0 Å². The Kier molecular flexibility index (Phi) is 5.32. The van der Waals surface area contributed by atoms with Crippen LogP contribution in [0.4, 0.5) is 0 Å². The van der Waals surface area contributed by atoms with Crippen LogP contribution in [-0.4, -0.2) is 14.6 Å². The Labute approximate surface area is 108 Å². The van der Waals surface area contributed by atoms with Crippen molar-refractivity contribution >= 4 is 16.2 Å². The molecule has 0 radical (unpaired) electrons. The maximum Gasteiger partial charge on any atom is 0.236 e. The van der Waals surface area contributed by atoms with Gasteiger partial charge in [-0.25, -0.2) is 8.42 Å². The van der Waals surface area contributed by atoms with Crippen LogP contribution in [0.1, 0.15) is 12.5 Å². The molecule has 1 aromatic rings. The van der Waals surface area contributed by atoms with Crippen LogP contribution < -0.4 is 4.72 Å². The van der Waals surface area contributed by atoms with Crippen LogP contribution in [0, 0.1) is 0 Å². The van der Waals surface area contributed by atoms with E-state index in [1.54, 1.807) is 37.3 Å². The van der Waals surface area contributed by atoms with Crippen molar-refractivity contribution in [1.29, 1.82) is 0 Å². The Balaban J connectivity index is 2.76. The minimum atomic E-state index is -3.42. The number of hydrogen-bond donors (Lipinski definition) is 1. The summed E-state index contributed by atoms with van der Waals surface area (Å²) in [5.74, 6) is -0.0624. The second-order valence-electron chi connectivity index (χ2n) is 3.55. The van der Waals surface area contributed by atoms with Crippen LogP contribution in [-0.2, 0) is 15.8 Å². The lowest BCUT2D eigenvalue weighted by Crippen LogP contribution is -2.25. The van der Waals surface area contributed by atoms with Gasteiger partial charge in [0.25, 0.3) is 0 Å². The van der Waals surface area contributed by atoms with Gasteiger partial charge in [0.1, 0.15) is 0 Å². The molecule has 0 aliphatic carbocycles. The summed E-state index contributed by atoms with van der Waals surface area (Å²) < 4.78 is 26.2. The van der Waals surface area contributed by atoms with Crippen molar-refractivity contribution in [3.63, 3.8) is 0 Å². The normalized spacial score (nSPS) is 12.6. The number of sulfonamides is 1. The molecule has 0 heterocycles. The molecule has 1 N–H and O–H groups in total. The minimum absolute atomic E-state index is 0.0624. The van der Waals surface area contributed by atoms with Gasteiger partial charge >= 0.3 is 0 Å². The van der Waals surface area contributed by atoms with Crippen LogP contribution in [0.3, 0.4) is 0 Å². The van der Waals surface area contributed by atoms with E-state index in [1.165, 1.54) is 12.4 Å². The van der Waals surface area contributed by atoms with E-state index >= 15 is 0 Å². The van der Waals surface area contributed by atoms with Crippen molar-refractivity contribution < 1.29 is 8.42 Å². The number of benzene rings is 1. The van der Waals surface area contributed by atoms with Gasteiger partial charge in [-0.3, -0.25) is 9.71 Å². The number of aliphatic imine (C=N–C) groups is 1. The largest absolute Gasteiger partial charge is 0.282 e. The fourth-order valence-electron chi connectivity index (χ4n) is 1.30. The van der Waals surface area contributed by atoms with Gasteiger partial charge in [0, 0.05) is 6.20 Å². The minimum Gasteiger partial charge on any atom is -0.282 e. The van der Waals surface area contributed by atoms with E-state index in [0.29, 0.717) is 5.70 Å². The van der Waals surface area contributed by atoms with E-state index in [-0.39, 0.29) is 5.75 Å². The summed E-state index contributed by atoms with van der Waals surface area (Å²) in [6.07, 6.45) is 4.39. The van der Waals surface area contributed by atoms with Crippen LogP contribution in [0.15, 0.2) is 59.9 Å². The molecule has 0 aliphatic rings. The predicted molar refractivity (Wildman–Crippen MR) is 74.6 cm³/mol. The summed E-state index contributed by atoms with van der Waals surface area (Å²) in [7, 11) is -3.42. The molecular weight excluding hydrogens is 248 g/mol. The summed E-state index contributed by atoms with van der Waals surface area (Å²) >= 11 is 0. The highest BCUT2D eigenvalue weighted by Crippen LogP contribution is 2.05. The van der Waals surface area contributed by atoms with Crippen molar-refractivity contribution in [3.05, 3.63) is 60.4 Å². The Morgan fingerprint density at radius 2 is 2.06 bits per heavy atom. The first-order valence-corrected chi connectivity index (χ1v) is 7.07. The smallest absolute Gasteiger partial charge is 0.236 e. The van der Waals surface area contributed by atoms with E-state index in [9.17, 15) is 8.42 Å². The van der Waals surface area contributed by atoms with Gasteiger partial charge in [0.15, 0.2) is 0 Å². The molecule has 0 fully saturated rings. The maximum atomic E-state index is 11.9. The van der Waals surface area contributed by atoms with Crippen molar-refractivity contribution in [2.24, 2.45) is 4.99 Å². The average Bonchev–Trinajstić information content (AvgIpc) is 2.35. The predicted octanol–water partition coefficient (Wildman–Crippen LogP) is 2.22. The summed E-state index contributed by atoms with van der Waals surface area (Å²) in [5, 5.41) is 0. The maximum absolute atomic E-state index is 11.9. The molecule has 0 aliphatic heterocycles. The molecule has 18 heavy (non-hydrogen) atoms. The number of nitrogens with zero attached hydrogens (tertiary/aromatic N) is 1. The standard InChI is InChI=1S/C13H16N2O2S/c1-3-13(10-14-4-2)15-18(16,17)11-12-8-6-5-7-9-12/h3-10,15H,2,11H2,1H3/b13-3-,14-10-. The lowest BCUT2D eigenvalue weighted by atomic mass is 10.2. The van der Waals surface area contributed by atoms with Gasteiger partial charge in [-0.15, -0.1) is 0 Å². The van der Waals surface area contributed by atoms with Crippen molar-refractivity contribution in [2.75, 3.05) is 0 Å². The number of rotatable bonds is 6. The zero-order chi connectivity index (χ0) is 13.4. The van der Waals surface area contributed by atoms with Crippen LogP contribution >= 0.6 is 0 Å². The summed E-state index contributed by atoms with van der Waals surface area (Å²) in [6.45, 7) is 5.16. The highest BCUT2D eigenvalue weighted by atomic mass is 32.2. The lowest BCUT2D eigenvalue weighted by Gasteiger charge is -2.07. The SMILES string of the molecule is C=C/N=C\C(=C\C)NS(=O)(=O)Cc1ccccc1. The fourth-order valence-corrected chi connectivity index (χ4v) is 2.54. The van der Waals surface area contributed by atoms with Gasteiger partial charge in [-0.1, -0.05) is 43.0 Å². The van der Waals surface area contributed by atoms with E-state index < -0.39 is 10.0 Å². The molecule has 5 heteroatoms. The molecule has 0 bridgehead atoms. The molecule has 0 saturated heterocycles. The Morgan fingerprint density at radius 1 is 1.39 bits per heavy atom. The third-order valence-corrected chi connectivity index (χ3v) is 3.36. The zero-order valence-electron chi connectivity index (χ0n) is 10.2. The van der Waals surface area contributed by atoms with E-state index in [2.05, 4.69) is 16.3 Å². The lowest BCUT2D eigenvalue weighted by molar-refractivity contribution is 0.589. The van der Waals surface area contributed by atoms with Crippen molar-refractivity contribution in [3.8, 4) is 0 Å². The molecule has 0 spiro atoms. The first-order chi connectivity index (χ1) is 8.57. The summed E-state index contributed by atoms with van der Waals surface area (Å²) in [4.78, 5) is 3.78. The number of allylic oxidation sites excluding steroid dienone is 2. The van der Waals surface area contributed by atoms with Gasteiger partial charge < -0.3 is 0 Å². The Hall–Kier alpha value is -1.88. The van der Waals surface area contributed by atoms with Gasteiger partial charge in [0.05, 0.1) is 17.7 Å². The van der Waals surface area contributed by atoms with Crippen LogP contribution in [0.2, 0.25) is 0 Å². The summed E-state index contributed by atoms with van der Waals surface area (Å²) in [5.41, 5.74) is 1.16. The first kappa shape index (κ1) is 14.2. The first-order valence-electron chi connectivity index (χ1n) is 5.42. The third kappa shape index (κ3) is 4.97. The second-order valence-corrected chi connectivity index (χ2v) is 5.27. The fraction of sp³-hybridized carbons (Fsp3) is 0.154. The molecule has 0 amide bonds. The van der Waals surface area contributed by atoms with Crippen molar-refractivity contribution in [2.45, 2.75) is 12.7 Å². The zero-order valence-corrected chi connectivity index (χ0v) is 11.0. The highest BCUT2D eigenvalue weighted by Gasteiger charge is 2.11. The van der Waals surface area contributed by atoms with Crippen LogP contribution in [0.5, 0.6) is 0 Å². The molecule has 4 nitrogen and oxygen atoms in total. The van der Waals surface area contributed by atoms with E-state index in [0.717, 1.165) is 5.56 Å². The molecule has 1 rings (SSSR count). The van der Waals surface area contributed by atoms with Crippen molar-refractivity contribution in [1.82, 2.24) is 4.72 Å². The summed E-state index contributed by atoms with van der Waals surface area (Å²) in [6, 6.07) is 9.00. The van der Waals surface area contributed by atoms with Gasteiger partial charge in [-0.05, 0) is 12.5 Å². The topological polar surface area (TPSA) is 58.5 Å². The Morgan fingerprint density at radius 3 is 2.61 bits per heavy atom. The molecule has 0 atom stereocenters. The van der Waals surface area contributed by atoms with E-state index in [1.807, 2.05) is 6.07 Å². The third-order valence-electron chi connectivity index (χ3n) is 2.10. The second kappa shape index (κ2) is 6.76. The molecule has 96 valence electrons. The highest BCUT2D eigenvalue weighted by molar-refractivity contribution is 7.88. The molecule has 0 aromatic heterocycles. The van der Waals surface area contributed by atoms with Gasteiger partial charge in [0.2, 0.25) is 10.0 Å². The molecular formula is C13H16N2O2S. The number of hydrogen-bond acceptors (Lipinski definition) is 3. The monoisotopic (exact) mass is 264 g/mol. The van der Waals surface area contributed by atoms with Gasteiger partial charge in [-0.2, -0.15) is 0 Å². The quantitative estimate of drug-likeness (QED) is 0.801. The number of nitrogens with one attached hydrogen (secondary N) is 1. The molecule has 0 unspecified atom stereocenters.